The normalized spacial score (nSPS) is 26.2. The lowest BCUT2D eigenvalue weighted by atomic mass is 9.94. The standard InChI is InChI=1S/C13H23N3OS/c1-4-18-12-8-6-5-7-11(12)14-9(2)13-16-15-10(3)17-13/h9,11-12,14H,4-8H2,1-3H3. The molecule has 0 saturated heterocycles. The highest BCUT2D eigenvalue weighted by Gasteiger charge is 2.27. The number of hydrogen-bond acceptors (Lipinski definition) is 5. The first kappa shape index (κ1) is 13.9. The Morgan fingerprint density at radius 1 is 1.39 bits per heavy atom. The van der Waals surface area contributed by atoms with Gasteiger partial charge in [0, 0.05) is 18.2 Å². The van der Waals surface area contributed by atoms with Gasteiger partial charge in [0.15, 0.2) is 0 Å². The number of aromatic nitrogens is 2. The molecule has 1 N–H and O–H groups in total. The number of hydrogen-bond donors (Lipinski definition) is 1. The minimum atomic E-state index is 0.147. The topological polar surface area (TPSA) is 51.0 Å². The van der Waals surface area contributed by atoms with Gasteiger partial charge in [-0.2, -0.15) is 11.8 Å². The fourth-order valence-electron chi connectivity index (χ4n) is 2.58. The molecule has 4 nitrogen and oxygen atoms in total. The molecule has 2 rings (SSSR count). The van der Waals surface area contributed by atoms with Gasteiger partial charge in [-0.25, -0.2) is 0 Å². The number of rotatable bonds is 5. The molecule has 18 heavy (non-hydrogen) atoms. The van der Waals surface area contributed by atoms with Crippen molar-refractivity contribution in [2.24, 2.45) is 0 Å². The molecule has 5 heteroatoms. The maximum absolute atomic E-state index is 5.49. The van der Waals surface area contributed by atoms with Crippen molar-refractivity contribution in [3.8, 4) is 0 Å². The summed E-state index contributed by atoms with van der Waals surface area (Å²) in [6.45, 7) is 6.18. The van der Waals surface area contributed by atoms with Crippen LogP contribution in [0.4, 0.5) is 0 Å². The SMILES string of the molecule is CCSC1CCCCC1NC(C)c1nnc(C)o1. The van der Waals surface area contributed by atoms with Gasteiger partial charge in [0.05, 0.1) is 6.04 Å². The quantitative estimate of drug-likeness (QED) is 0.890. The largest absolute Gasteiger partial charge is 0.424 e. The van der Waals surface area contributed by atoms with Crippen molar-refractivity contribution in [1.82, 2.24) is 15.5 Å². The Bertz CT molecular complexity index is 367. The van der Waals surface area contributed by atoms with Crippen molar-refractivity contribution in [3.63, 3.8) is 0 Å². The number of nitrogens with zero attached hydrogens (tertiary/aromatic N) is 2. The number of nitrogens with one attached hydrogen (secondary N) is 1. The van der Waals surface area contributed by atoms with E-state index in [4.69, 9.17) is 4.42 Å². The van der Waals surface area contributed by atoms with Gasteiger partial charge < -0.3 is 9.73 Å². The lowest BCUT2D eigenvalue weighted by Gasteiger charge is -2.33. The van der Waals surface area contributed by atoms with E-state index < -0.39 is 0 Å². The second-order valence-corrected chi connectivity index (χ2v) is 6.45. The van der Waals surface area contributed by atoms with Crippen molar-refractivity contribution in [1.29, 1.82) is 0 Å². The fourth-order valence-corrected chi connectivity index (χ4v) is 3.79. The molecular weight excluding hydrogens is 246 g/mol. The van der Waals surface area contributed by atoms with Gasteiger partial charge in [0.2, 0.25) is 11.8 Å². The molecule has 1 saturated carbocycles. The molecule has 1 aliphatic rings. The number of thioether (sulfide) groups is 1. The molecule has 3 unspecified atom stereocenters. The van der Waals surface area contributed by atoms with Crippen molar-refractivity contribution in [2.75, 3.05) is 5.75 Å². The molecule has 0 radical (unpaired) electrons. The van der Waals surface area contributed by atoms with E-state index >= 15 is 0 Å². The molecule has 1 heterocycles. The van der Waals surface area contributed by atoms with Gasteiger partial charge in [-0.15, -0.1) is 10.2 Å². The van der Waals surface area contributed by atoms with E-state index in [2.05, 4.69) is 41.1 Å². The first-order valence-corrected chi connectivity index (χ1v) is 7.93. The Morgan fingerprint density at radius 2 is 2.17 bits per heavy atom. The molecule has 0 spiro atoms. The van der Waals surface area contributed by atoms with E-state index in [1.807, 2.05) is 6.92 Å². The third-order valence-corrected chi connectivity index (χ3v) is 4.79. The molecule has 102 valence electrons. The molecule has 1 aliphatic carbocycles. The highest BCUT2D eigenvalue weighted by Crippen LogP contribution is 2.30. The zero-order chi connectivity index (χ0) is 13.0. The summed E-state index contributed by atoms with van der Waals surface area (Å²) in [6.07, 6.45) is 5.28. The van der Waals surface area contributed by atoms with E-state index in [1.54, 1.807) is 0 Å². The molecule has 0 bridgehead atoms. The molecule has 0 aliphatic heterocycles. The minimum Gasteiger partial charge on any atom is -0.424 e. The van der Waals surface area contributed by atoms with Crippen LogP contribution in [0.3, 0.4) is 0 Å². The molecule has 1 fully saturated rings. The second kappa shape index (κ2) is 6.57. The molecule has 0 amide bonds. The highest BCUT2D eigenvalue weighted by molar-refractivity contribution is 7.99. The number of aryl methyl sites for hydroxylation is 1. The molecule has 1 aromatic heterocycles. The Labute approximate surface area is 113 Å². The summed E-state index contributed by atoms with van der Waals surface area (Å²) in [5, 5.41) is 12.4. The first-order chi connectivity index (χ1) is 8.70. The molecular formula is C13H23N3OS. The summed E-state index contributed by atoms with van der Waals surface area (Å²) < 4.78 is 5.49. The van der Waals surface area contributed by atoms with E-state index in [0.29, 0.717) is 17.8 Å². The zero-order valence-corrected chi connectivity index (χ0v) is 12.3. The van der Waals surface area contributed by atoms with Crippen LogP contribution in [-0.2, 0) is 0 Å². The van der Waals surface area contributed by atoms with Gasteiger partial charge in [-0.1, -0.05) is 19.8 Å². The highest BCUT2D eigenvalue weighted by atomic mass is 32.2. The maximum Gasteiger partial charge on any atom is 0.233 e. The summed E-state index contributed by atoms with van der Waals surface area (Å²) in [7, 11) is 0. The monoisotopic (exact) mass is 269 g/mol. The molecule has 3 atom stereocenters. The van der Waals surface area contributed by atoms with Crippen LogP contribution in [0.2, 0.25) is 0 Å². The first-order valence-electron chi connectivity index (χ1n) is 6.88. The van der Waals surface area contributed by atoms with Crippen molar-refractivity contribution >= 4 is 11.8 Å². The van der Waals surface area contributed by atoms with Gasteiger partial charge >= 0.3 is 0 Å². The summed E-state index contributed by atoms with van der Waals surface area (Å²) in [6, 6.07) is 0.722. The van der Waals surface area contributed by atoms with Crippen LogP contribution in [0.1, 0.15) is 57.4 Å². The summed E-state index contributed by atoms with van der Waals surface area (Å²) in [4.78, 5) is 0. The third kappa shape index (κ3) is 3.48. The van der Waals surface area contributed by atoms with E-state index in [9.17, 15) is 0 Å². The lowest BCUT2D eigenvalue weighted by molar-refractivity contribution is 0.321. The van der Waals surface area contributed by atoms with Gasteiger partial charge in [0.1, 0.15) is 0 Å². The van der Waals surface area contributed by atoms with Crippen molar-refractivity contribution < 1.29 is 4.42 Å². The summed E-state index contributed by atoms with van der Waals surface area (Å²) in [5.74, 6) is 2.54. The minimum absolute atomic E-state index is 0.147. The average Bonchev–Trinajstić information content (AvgIpc) is 2.79. The van der Waals surface area contributed by atoms with Crippen LogP contribution in [0.15, 0.2) is 4.42 Å². The Morgan fingerprint density at radius 3 is 2.83 bits per heavy atom. The van der Waals surface area contributed by atoms with E-state index in [1.165, 1.54) is 31.4 Å². The van der Waals surface area contributed by atoms with E-state index in [-0.39, 0.29) is 6.04 Å². The van der Waals surface area contributed by atoms with Crippen LogP contribution in [0.25, 0.3) is 0 Å². The van der Waals surface area contributed by atoms with Gasteiger partial charge in [-0.05, 0) is 25.5 Å². The summed E-state index contributed by atoms with van der Waals surface area (Å²) in [5.41, 5.74) is 0. The van der Waals surface area contributed by atoms with Gasteiger partial charge in [-0.3, -0.25) is 0 Å². The zero-order valence-electron chi connectivity index (χ0n) is 11.5. The van der Waals surface area contributed by atoms with Gasteiger partial charge in [0.25, 0.3) is 0 Å². The van der Waals surface area contributed by atoms with E-state index in [0.717, 1.165) is 5.25 Å². The van der Waals surface area contributed by atoms with Crippen molar-refractivity contribution in [3.05, 3.63) is 11.8 Å². The van der Waals surface area contributed by atoms with Crippen LogP contribution in [0, 0.1) is 6.92 Å². The van der Waals surface area contributed by atoms with Crippen LogP contribution in [0.5, 0.6) is 0 Å². The van der Waals surface area contributed by atoms with Crippen LogP contribution < -0.4 is 5.32 Å². The Balaban J connectivity index is 1.93. The Hall–Kier alpha value is -0.550. The smallest absolute Gasteiger partial charge is 0.233 e. The second-order valence-electron chi connectivity index (χ2n) is 4.93. The molecule has 0 aromatic carbocycles. The average molecular weight is 269 g/mol. The predicted molar refractivity (Wildman–Crippen MR) is 74.8 cm³/mol. The van der Waals surface area contributed by atoms with Crippen LogP contribution >= 0.6 is 11.8 Å². The van der Waals surface area contributed by atoms with Crippen molar-refractivity contribution in [2.45, 2.75) is 63.8 Å². The fraction of sp³-hybridized carbons (Fsp3) is 0.846. The summed E-state index contributed by atoms with van der Waals surface area (Å²) >= 11 is 2.07. The lowest BCUT2D eigenvalue weighted by Crippen LogP contribution is -2.41. The Kier molecular flexibility index (Phi) is 5.06. The van der Waals surface area contributed by atoms with Crippen LogP contribution in [-0.4, -0.2) is 27.2 Å². The maximum atomic E-state index is 5.49. The predicted octanol–water partition coefficient (Wildman–Crippen LogP) is 3.09. The third-order valence-electron chi connectivity index (χ3n) is 3.46. The molecule has 1 aromatic rings.